The Morgan fingerprint density at radius 1 is 1.06 bits per heavy atom. The van der Waals surface area contributed by atoms with Gasteiger partial charge in [-0.2, -0.15) is 0 Å². The van der Waals surface area contributed by atoms with Crippen molar-refractivity contribution in [1.82, 2.24) is 20.1 Å². The zero-order valence-corrected chi connectivity index (χ0v) is 22.3. The number of pyridine rings is 1. The Morgan fingerprint density at radius 3 is 2.50 bits per heavy atom. The standard InChI is InChI=1S/C27H42N6S/c1-5-31-11-13-33(14-12-31)26-16-22(4)24-17-23(7-8-25(24)30-26)29-27(34)28-9-6-10-32-18-20(2)15-21(3)19-32/h7-8,16-17,20-21H,5-6,9-15,18-19H2,1-4H3,(H2,28,29,34)/t20-,21+. The van der Waals surface area contributed by atoms with Crippen LogP contribution in [0.25, 0.3) is 10.9 Å². The van der Waals surface area contributed by atoms with Crippen LogP contribution in [0.15, 0.2) is 24.3 Å². The van der Waals surface area contributed by atoms with E-state index >= 15 is 0 Å². The van der Waals surface area contributed by atoms with E-state index in [9.17, 15) is 0 Å². The summed E-state index contributed by atoms with van der Waals surface area (Å²) >= 11 is 5.56. The van der Waals surface area contributed by atoms with Crippen LogP contribution in [-0.2, 0) is 0 Å². The normalized spacial score (nSPS) is 22.2. The van der Waals surface area contributed by atoms with E-state index in [1.165, 1.54) is 30.5 Å². The topological polar surface area (TPSA) is 46.7 Å². The molecule has 0 saturated carbocycles. The summed E-state index contributed by atoms with van der Waals surface area (Å²) in [5.74, 6) is 2.72. The van der Waals surface area contributed by atoms with Crippen LogP contribution < -0.4 is 15.5 Å². The fourth-order valence-electron chi connectivity index (χ4n) is 5.56. The number of hydrogen-bond donors (Lipinski definition) is 2. The van der Waals surface area contributed by atoms with E-state index < -0.39 is 0 Å². The third-order valence-electron chi connectivity index (χ3n) is 7.28. The highest BCUT2D eigenvalue weighted by Gasteiger charge is 2.21. The molecule has 2 aliphatic rings. The lowest BCUT2D eigenvalue weighted by Crippen LogP contribution is -2.46. The molecule has 0 unspecified atom stereocenters. The number of rotatable bonds is 7. The Morgan fingerprint density at radius 2 is 1.79 bits per heavy atom. The van der Waals surface area contributed by atoms with Crippen molar-refractivity contribution in [3.8, 4) is 0 Å². The molecule has 0 spiro atoms. The first-order valence-electron chi connectivity index (χ1n) is 13.1. The molecule has 6 nitrogen and oxygen atoms in total. The molecule has 2 aromatic rings. The fraction of sp³-hybridized carbons (Fsp3) is 0.630. The average molecular weight is 483 g/mol. The molecule has 0 bridgehead atoms. The van der Waals surface area contributed by atoms with Gasteiger partial charge >= 0.3 is 0 Å². The third kappa shape index (κ3) is 6.58. The number of piperidine rings is 1. The largest absolute Gasteiger partial charge is 0.362 e. The highest BCUT2D eigenvalue weighted by atomic mass is 32.1. The molecule has 2 N–H and O–H groups in total. The van der Waals surface area contributed by atoms with Crippen molar-refractivity contribution in [3.05, 3.63) is 29.8 Å². The van der Waals surface area contributed by atoms with E-state index in [0.717, 1.165) is 81.1 Å². The van der Waals surface area contributed by atoms with E-state index in [0.29, 0.717) is 5.11 Å². The minimum atomic E-state index is 0.691. The molecular formula is C27H42N6S. The maximum atomic E-state index is 5.56. The monoisotopic (exact) mass is 482 g/mol. The first-order chi connectivity index (χ1) is 16.4. The Labute approximate surface area is 211 Å². The van der Waals surface area contributed by atoms with Gasteiger partial charge in [0.05, 0.1) is 5.52 Å². The van der Waals surface area contributed by atoms with Crippen LogP contribution in [0.3, 0.4) is 0 Å². The molecule has 4 rings (SSSR count). The first-order valence-corrected chi connectivity index (χ1v) is 13.5. The Hall–Kier alpha value is -1.96. The van der Waals surface area contributed by atoms with Gasteiger partial charge in [-0.05, 0) is 86.7 Å². The van der Waals surface area contributed by atoms with Crippen molar-refractivity contribution in [2.75, 3.05) is 69.1 Å². The van der Waals surface area contributed by atoms with Crippen molar-refractivity contribution in [2.45, 2.75) is 40.5 Å². The molecule has 2 aliphatic heterocycles. The maximum Gasteiger partial charge on any atom is 0.170 e. The summed E-state index contributed by atoms with van der Waals surface area (Å²) in [7, 11) is 0. The molecule has 2 fully saturated rings. The lowest BCUT2D eigenvalue weighted by molar-refractivity contribution is 0.140. The van der Waals surface area contributed by atoms with E-state index in [-0.39, 0.29) is 0 Å². The molecule has 3 heterocycles. The predicted octanol–water partition coefficient (Wildman–Crippen LogP) is 4.34. The van der Waals surface area contributed by atoms with Gasteiger partial charge < -0.3 is 25.3 Å². The van der Waals surface area contributed by atoms with Gasteiger partial charge in [-0.15, -0.1) is 0 Å². The lowest BCUT2D eigenvalue weighted by Gasteiger charge is -2.35. The van der Waals surface area contributed by atoms with Crippen LogP contribution in [-0.4, -0.2) is 78.8 Å². The van der Waals surface area contributed by atoms with E-state index in [4.69, 9.17) is 17.2 Å². The van der Waals surface area contributed by atoms with E-state index in [1.807, 2.05) is 0 Å². The van der Waals surface area contributed by atoms with Crippen molar-refractivity contribution in [2.24, 2.45) is 11.8 Å². The second-order valence-corrected chi connectivity index (χ2v) is 10.8. The number of thiocarbonyl (C=S) groups is 1. The number of benzene rings is 1. The highest BCUT2D eigenvalue weighted by Crippen LogP contribution is 2.26. The summed E-state index contributed by atoms with van der Waals surface area (Å²) in [4.78, 5) is 12.5. The van der Waals surface area contributed by atoms with Crippen LogP contribution in [0.4, 0.5) is 11.5 Å². The number of likely N-dealkylation sites (N-methyl/N-ethyl adjacent to an activating group) is 1. The number of piperazine rings is 1. The second-order valence-electron chi connectivity index (χ2n) is 10.4. The van der Waals surface area contributed by atoms with Gasteiger partial charge in [0.25, 0.3) is 0 Å². The molecule has 1 aromatic carbocycles. The van der Waals surface area contributed by atoms with Crippen molar-refractivity contribution in [1.29, 1.82) is 0 Å². The summed E-state index contributed by atoms with van der Waals surface area (Å²) in [5, 5.41) is 8.62. The Bertz CT molecular complexity index is 961. The van der Waals surface area contributed by atoms with Crippen LogP contribution in [0.5, 0.6) is 0 Å². The van der Waals surface area contributed by atoms with Crippen molar-refractivity contribution < 1.29 is 0 Å². The molecule has 2 saturated heterocycles. The molecule has 2 atom stereocenters. The van der Waals surface area contributed by atoms with Gasteiger partial charge in [0.15, 0.2) is 5.11 Å². The lowest BCUT2D eigenvalue weighted by atomic mass is 9.92. The summed E-state index contributed by atoms with van der Waals surface area (Å²) in [6.45, 7) is 19.1. The summed E-state index contributed by atoms with van der Waals surface area (Å²) < 4.78 is 0. The molecule has 34 heavy (non-hydrogen) atoms. The second kappa shape index (κ2) is 11.6. The van der Waals surface area contributed by atoms with Crippen LogP contribution in [0.2, 0.25) is 0 Å². The van der Waals surface area contributed by atoms with Crippen molar-refractivity contribution >= 4 is 39.7 Å². The smallest absolute Gasteiger partial charge is 0.170 e. The number of nitrogens with zero attached hydrogens (tertiary/aromatic N) is 4. The zero-order chi connectivity index (χ0) is 24.1. The van der Waals surface area contributed by atoms with Gasteiger partial charge in [0.1, 0.15) is 5.82 Å². The summed E-state index contributed by atoms with van der Waals surface area (Å²) in [6, 6.07) is 8.59. The third-order valence-corrected chi connectivity index (χ3v) is 7.53. The van der Waals surface area contributed by atoms with Gasteiger partial charge in [0, 0.05) is 56.9 Å². The first kappa shape index (κ1) is 25.1. The molecule has 0 aliphatic carbocycles. The quantitative estimate of drug-likeness (QED) is 0.450. The van der Waals surface area contributed by atoms with E-state index in [2.05, 4.69) is 77.3 Å². The highest BCUT2D eigenvalue weighted by molar-refractivity contribution is 7.80. The molecule has 1 aromatic heterocycles. The van der Waals surface area contributed by atoms with Crippen molar-refractivity contribution in [3.63, 3.8) is 0 Å². The predicted molar refractivity (Wildman–Crippen MR) is 149 cm³/mol. The zero-order valence-electron chi connectivity index (χ0n) is 21.4. The number of aromatic nitrogens is 1. The minimum absolute atomic E-state index is 0.691. The molecule has 7 heteroatoms. The van der Waals surface area contributed by atoms with Gasteiger partial charge in [-0.1, -0.05) is 20.8 Å². The van der Waals surface area contributed by atoms with Gasteiger partial charge in [-0.3, -0.25) is 0 Å². The van der Waals surface area contributed by atoms with E-state index in [1.54, 1.807) is 0 Å². The fourth-order valence-corrected chi connectivity index (χ4v) is 5.78. The SMILES string of the molecule is CCN1CCN(c2cc(C)c3cc(NC(=S)NCCCN4C[C@H](C)C[C@H](C)C4)ccc3n2)CC1. The molecule has 186 valence electrons. The number of fused-ring (bicyclic) bond motifs is 1. The Kier molecular flexibility index (Phi) is 8.61. The number of aryl methyl sites for hydroxylation is 1. The average Bonchev–Trinajstić information content (AvgIpc) is 2.81. The molecular weight excluding hydrogens is 440 g/mol. The van der Waals surface area contributed by atoms with Crippen LogP contribution in [0, 0.1) is 18.8 Å². The van der Waals surface area contributed by atoms with Crippen LogP contribution in [0.1, 0.15) is 39.2 Å². The minimum Gasteiger partial charge on any atom is -0.362 e. The Balaban J connectivity index is 1.28. The number of likely N-dealkylation sites (tertiary alicyclic amines) is 1. The maximum absolute atomic E-state index is 5.56. The van der Waals surface area contributed by atoms with Crippen LogP contribution >= 0.6 is 12.2 Å². The molecule has 0 radical (unpaired) electrons. The molecule has 0 amide bonds. The van der Waals surface area contributed by atoms with Gasteiger partial charge in [0.2, 0.25) is 0 Å². The number of hydrogen-bond acceptors (Lipinski definition) is 5. The number of nitrogens with one attached hydrogen (secondary N) is 2. The number of anilines is 2. The summed E-state index contributed by atoms with van der Waals surface area (Å²) in [5.41, 5.74) is 3.31. The summed E-state index contributed by atoms with van der Waals surface area (Å²) in [6.07, 6.45) is 2.47. The van der Waals surface area contributed by atoms with Gasteiger partial charge in [-0.25, -0.2) is 4.98 Å².